The Bertz CT molecular complexity index is 892. The van der Waals surface area contributed by atoms with Crippen LogP contribution < -0.4 is 9.62 Å². The summed E-state index contributed by atoms with van der Waals surface area (Å²) in [6, 6.07) is 15.9. The van der Waals surface area contributed by atoms with E-state index < -0.39 is 10.0 Å². The zero-order chi connectivity index (χ0) is 19.3. The van der Waals surface area contributed by atoms with Gasteiger partial charge in [0.1, 0.15) is 0 Å². The number of hydrogen-bond acceptors (Lipinski definition) is 3. The number of hydrogen-bond donors (Lipinski definition) is 1. The number of para-hydroxylation sites is 1. The molecular weight excluding hydrogens is 360 g/mol. The largest absolute Gasteiger partial charge is 0.355 e. The Kier molecular flexibility index (Phi) is 6.16. The number of amides is 1. The Morgan fingerprint density at radius 3 is 2.63 bits per heavy atom. The highest BCUT2D eigenvalue weighted by molar-refractivity contribution is 7.92. The molecule has 2 aromatic rings. The Hall–Kier alpha value is -2.34. The highest BCUT2D eigenvalue weighted by Crippen LogP contribution is 2.29. The molecular formula is C21H26N2O3S. The molecule has 5 nitrogen and oxygen atoms in total. The zero-order valence-corrected chi connectivity index (χ0v) is 16.5. The molecule has 3 rings (SSSR count). The highest BCUT2D eigenvalue weighted by atomic mass is 32.2. The molecule has 0 unspecified atom stereocenters. The van der Waals surface area contributed by atoms with Crippen LogP contribution in [0.3, 0.4) is 0 Å². The van der Waals surface area contributed by atoms with Gasteiger partial charge in [0.05, 0.1) is 11.4 Å². The molecule has 2 aromatic carbocycles. The second-order valence-electron chi connectivity index (χ2n) is 6.96. The third-order valence-corrected chi connectivity index (χ3v) is 6.62. The van der Waals surface area contributed by atoms with Crippen molar-refractivity contribution in [2.45, 2.75) is 32.6 Å². The summed E-state index contributed by atoms with van der Waals surface area (Å²) in [4.78, 5) is 12.0. The van der Waals surface area contributed by atoms with Gasteiger partial charge in [-0.3, -0.25) is 9.10 Å². The van der Waals surface area contributed by atoms with Gasteiger partial charge in [0.2, 0.25) is 15.9 Å². The van der Waals surface area contributed by atoms with Gasteiger partial charge >= 0.3 is 0 Å². The topological polar surface area (TPSA) is 66.5 Å². The van der Waals surface area contributed by atoms with Gasteiger partial charge in [0, 0.05) is 19.5 Å². The van der Waals surface area contributed by atoms with Crippen LogP contribution >= 0.6 is 0 Å². The Morgan fingerprint density at radius 1 is 1.11 bits per heavy atom. The maximum atomic E-state index is 12.6. The molecule has 1 amide bonds. The molecule has 0 spiro atoms. The van der Waals surface area contributed by atoms with E-state index >= 15 is 0 Å². The van der Waals surface area contributed by atoms with E-state index in [2.05, 4.69) is 29.6 Å². The standard InChI is InChI=1S/C21H26N2O3S/c1-17-9-11-18(12-10-17)5-4-8-21(24)22-14-16-27(25,26)23-15-13-19-6-2-3-7-20(19)23/h2-3,6-7,9-12H,4-5,8,13-16H2,1H3,(H,22,24). The smallest absolute Gasteiger partial charge is 0.236 e. The van der Waals surface area contributed by atoms with Crippen LogP contribution in [0.1, 0.15) is 29.5 Å². The molecule has 6 heteroatoms. The first-order chi connectivity index (χ1) is 13.0. The summed E-state index contributed by atoms with van der Waals surface area (Å²) in [6.45, 7) is 2.67. The molecule has 0 atom stereocenters. The minimum atomic E-state index is -3.42. The lowest BCUT2D eigenvalue weighted by molar-refractivity contribution is -0.121. The molecule has 0 aromatic heterocycles. The lowest BCUT2D eigenvalue weighted by atomic mass is 10.1. The maximum absolute atomic E-state index is 12.6. The fourth-order valence-electron chi connectivity index (χ4n) is 3.32. The number of nitrogens with zero attached hydrogens (tertiary/aromatic N) is 1. The average molecular weight is 387 g/mol. The van der Waals surface area contributed by atoms with Crippen molar-refractivity contribution in [1.29, 1.82) is 0 Å². The normalized spacial score (nSPS) is 13.4. The van der Waals surface area contributed by atoms with E-state index in [9.17, 15) is 13.2 Å². The van der Waals surface area contributed by atoms with E-state index in [1.165, 1.54) is 15.4 Å². The first kappa shape index (κ1) is 19.4. The van der Waals surface area contributed by atoms with Crippen LogP contribution in [0.15, 0.2) is 48.5 Å². The summed E-state index contributed by atoms with van der Waals surface area (Å²) in [6.07, 6.45) is 2.74. The molecule has 1 aliphatic rings. The molecule has 0 bridgehead atoms. The number of carbonyl (C=O) groups excluding carboxylic acids is 1. The minimum absolute atomic E-state index is 0.0783. The third kappa shape index (κ3) is 5.10. The molecule has 144 valence electrons. The number of nitrogens with one attached hydrogen (secondary N) is 1. The van der Waals surface area contributed by atoms with Crippen LogP contribution in [0.4, 0.5) is 5.69 Å². The van der Waals surface area contributed by atoms with Crippen LogP contribution in [0, 0.1) is 6.92 Å². The van der Waals surface area contributed by atoms with Crippen molar-refractivity contribution in [1.82, 2.24) is 5.32 Å². The third-order valence-electron chi connectivity index (χ3n) is 4.85. The Balaban J connectivity index is 1.41. The molecule has 0 aliphatic carbocycles. The van der Waals surface area contributed by atoms with Crippen molar-refractivity contribution in [2.24, 2.45) is 0 Å². The number of fused-ring (bicyclic) bond motifs is 1. The van der Waals surface area contributed by atoms with Crippen molar-refractivity contribution in [3.63, 3.8) is 0 Å². The van der Waals surface area contributed by atoms with E-state index in [1.807, 2.05) is 31.2 Å². The monoisotopic (exact) mass is 386 g/mol. The number of sulfonamides is 1. The molecule has 0 saturated heterocycles. The van der Waals surface area contributed by atoms with Crippen molar-refractivity contribution in [3.8, 4) is 0 Å². The fraction of sp³-hybridized carbons (Fsp3) is 0.381. The van der Waals surface area contributed by atoms with Gasteiger partial charge < -0.3 is 5.32 Å². The molecule has 0 fully saturated rings. The number of carbonyl (C=O) groups is 1. The van der Waals surface area contributed by atoms with Crippen molar-refractivity contribution < 1.29 is 13.2 Å². The lowest BCUT2D eigenvalue weighted by Gasteiger charge is -2.19. The maximum Gasteiger partial charge on any atom is 0.236 e. The quantitative estimate of drug-likeness (QED) is 0.759. The van der Waals surface area contributed by atoms with Gasteiger partial charge in [-0.15, -0.1) is 0 Å². The van der Waals surface area contributed by atoms with Gasteiger partial charge in [0.15, 0.2) is 0 Å². The predicted molar refractivity (Wildman–Crippen MR) is 108 cm³/mol. The summed E-state index contributed by atoms with van der Waals surface area (Å²) in [7, 11) is -3.42. The summed E-state index contributed by atoms with van der Waals surface area (Å²) in [5, 5.41) is 2.74. The summed E-state index contributed by atoms with van der Waals surface area (Å²) in [5.74, 6) is -0.176. The van der Waals surface area contributed by atoms with Gasteiger partial charge in [0.25, 0.3) is 0 Å². The molecule has 0 saturated carbocycles. The number of rotatable bonds is 8. The molecule has 1 N–H and O–H groups in total. The summed E-state index contributed by atoms with van der Waals surface area (Å²) < 4.78 is 26.6. The van der Waals surface area contributed by atoms with E-state index in [0.29, 0.717) is 13.0 Å². The molecule has 1 heterocycles. The Morgan fingerprint density at radius 2 is 1.85 bits per heavy atom. The second kappa shape index (κ2) is 8.57. The van der Waals surface area contributed by atoms with E-state index in [-0.39, 0.29) is 18.2 Å². The predicted octanol–water partition coefficient (Wildman–Crippen LogP) is 2.83. The first-order valence-corrected chi connectivity index (χ1v) is 11.0. The van der Waals surface area contributed by atoms with Crippen LogP contribution in [0.5, 0.6) is 0 Å². The SMILES string of the molecule is Cc1ccc(CCCC(=O)NCCS(=O)(=O)N2CCc3ccccc32)cc1. The highest BCUT2D eigenvalue weighted by Gasteiger charge is 2.28. The molecule has 0 radical (unpaired) electrons. The number of anilines is 1. The fourth-order valence-corrected chi connectivity index (χ4v) is 4.75. The number of benzene rings is 2. The van der Waals surface area contributed by atoms with E-state index in [1.54, 1.807) is 0 Å². The van der Waals surface area contributed by atoms with Crippen molar-refractivity contribution >= 4 is 21.6 Å². The first-order valence-electron chi connectivity index (χ1n) is 9.36. The average Bonchev–Trinajstić information content (AvgIpc) is 3.08. The van der Waals surface area contributed by atoms with Gasteiger partial charge in [-0.1, -0.05) is 48.0 Å². The van der Waals surface area contributed by atoms with Crippen LogP contribution in [0.25, 0.3) is 0 Å². The number of aryl methyl sites for hydroxylation is 2. The lowest BCUT2D eigenvalue weighted by Crippen LogP contribution is -2.36. The second-order valence-corrected chi connectivity index (χ2v) is 8.97. The van der Waals surface area contributed by atoms with Crippen LogP contribution in [-0.2, 0) is 27.7 Å². The van der Waals surface area contributed by atoms with Crippen LogP contribution in [0.2, 0.25) is 0 Å². The van der Waals surface area contributed by atoms with Gasteiger partial charge in [-0.2, -0.15) is 0 Å². The summed E-state index contributed by atoms with van der Waals surface area (Å²) >= 11 is 0. The van der Waals surface area contributed by atoms with E-state index in [0.717, 1.165) is 30.5 Å². The van der Waals surface area contributed by atoms with Gasteiger partial charge in [-0.25, -0.2) is 8.42 Å². The summed E-state index contributed by atoms with van der Waals surface area (Å²) in [5.41, 5.74) is 4.25. The Labute approximate surface area is 161 Å². The van der Waals surface area contributed by atoms with Gasteiger partial charge in [-0.05, 0) is 43.4 Å². The zero-order valence-electron chi connectivity index (χ0n) is 15.6. The van der Waals surface area contributed by atoms with E-state index in [4.69, 9.17) is 0 Å². The molecule has 1 aliphatic heterocycles. The van der Waals surface area contributed by atoms with Crippen molar-refractivity contribution in [3.05, 3.63) is 65.2 Å². The molecule has 27 heavy (non-hydrogen) atoms. The minimum Gasteiger partial charge on any atom is -0.355 e. The van der Waals surface area contributed by atoms with Crippen molar-refractivity contribution in [2.75, 3.05) is 23.1 Å². The van der Waals surface area contributed by atoms with Crippen LogP contribution in [-0.4, -0.2) is 33.2 Å².